The summed E-state index contributed by atoms with van der Waals surface area (Å²) in [5.41, 5.74) is 4.72. The molecule has 0 spiro atoms. The molecule has 170 valence electrons. The predicted octanol–water partition coefficient (Wildman–Crippen LogP) is 5.47. The Hall–Kier alpha value is -3.08. The van der Waals surface area contributed by atoms with Gasteiger partial charge in [-0.05, 0) is 67.5 Å². The molecular weight excluding hydrogens is 398 g/mol. The number of nitrogens with one attached hydrogen (secondary N) is 1. The van der Waals surface area contributed by atoms with E-state index < -0.39 is 0 Å². The fourth-order valence-corrected chi connectivity index (χ4v) is 4.25. The van der Waals surface area contributed by atoms with E-state index >= 15 is 0 Å². The van der Waals surface area contributed by atoms with Gasteiger partial charge in [0.2, 0.25) is 5.91 Å². The molecule has 0 aliphatic rings. The monoisotopic (exact) mass is 433 g/mol. The van der Waals surface area contributed by atoms with Crippen LogP contribution in [0.4, 0.5) is 0 Å². The minimum Gasteiger partial charge on any atom is -0.497 e. The Morgan fingerprint density at radius 1 is 1.25 bits per heavy atom. The van der Waals surface area contributed by atoms with Crippen molar-refractivity contribution in [3.63, 3.8) is 0 Å². The lowest BCUT2D eigenvalue weighted by Gasteiger charge is -2.15. The van der Waals surface area contributed by atoms with E-state index in [2.05, 4.69) is 46.9 Å². The summed E-state index contributed by atoms with van der Waals surface area (Å²) < 4.78 is 7.55. The number of hydrogen-bond donors (Lipinski definition) is 1. The van der Waals surface area contributed by atoms with Gasteiger partial charge in [0.25, 0.3) is 0 Å². The van der Waals surface area contributed by atoms with Crippen molar-refractivity contribution < 1.29 is 9.53 Å². The molecule has 1 N–H and O–H groups in total. The normalized spacial score (nSPS) is 12.4. The number of aromatic nitrogens is 2. The molecule has 0 aliphatic carbocycles. The van der Waals surface area contributed by atoms with E-state index in [1.54, 1.807) is 19.4 Å². The molecule has 1 amide bonds. The molecule has 1 atom stereocenters. The van der Waals surface area contributed by atoms with Gasteiger partial charge in [-0.1, -0.05) is 26.3 Å². The van der Waals surface area contributed by atoms with Crippen molar-refractivity contribution in [2.75, 3.05) is 7.11 Å². The van der Waals surface area contributed by atoms with Crippen LogP contribution in [0.2, 0.25) is 0 Å². The Labute approximate surface area is 191 Å². The molecule has 3 rings (SSSR count). The van der Waals surface area contributed by atoms with Gasteiger partial charge in [-0.15, -0.1) is 0 Å². The number of carbonyl (C=O) groups is 1. The second-order valence-corrected chi connectivity index (χ2v) is 8.26. The van der Waals surface area contributed by atoms with E-state index in [4.69, 9.17) is 4.74 Å². The fraction of sp³-hybridized carbons (Fsp3) is 0.407. The number of pyridine rings is 1. The summed E-state index contributed by atoms with van der Waals surface area (Å²) in [6.45, 7) is 4.30. The summed E-state index contributed by atoms with van der Waals surface area (Å²) in [5.74, 6) is 0.801. The van der Waals surface area contributed by atoms with Crippen LogP contribution in [0.25, 0.3) is 17.0 Å². The van der Waals surface area contributed by atoms with Crippen LogP contribution in [0, 0.1) is 0 Å². The van der Waals surface area contributed by atoms with Gasteiger partial charge in [-0.2, -0.15) is 0 Å². The van der Waals surface area contributed by atoms with Gasteiger partial charge in [0.05, 0.1) is 12.6 Å². The maximum absolute atomic E-state index is 12.7. The number of ether oxygens (including phenoxy) is 1. The van der Waals surface area contributed by atoms with Crippen LogP contribution in [0.1, 0.15) is 56.4 Å². The molecule has 1 aromatic carbocycles. The maximum Gasteiger partial charge on any atom is 0.244 e. The van der Waals surface area contributed by atoms with E-state index in [-0.39, 0.29) is 11.9 Å². The zero-order valence-corrected chi connectivity index (χ0v) is 19.7. The van der Waals surface area contributed by atoms with Crippen LogP contribution in [-0.2, 0) is 24.7 Å². The number of rotatable bonds is 11. The summed E-state index contributed by atoms with van der Waals surface area (Å²) in [6, 6.07) is 10.4. The number of aryl methyl sites for hydroxylation is 3. The van der Waals surface area contributed by atoms with Gasteiger partial charge < -0.3 is 14.6 Å². The summed E-state index contributed by atoms with van der Waals surface area (Å²) >= 11 is 0. The van der Waals surface area contributed by atoms with Gasteiger partial charge >= 0.3 is 0 Å². The number of carbonyl (C=O) groups excluding carboxylic acids is 1. The van der Waals surface area contributed by atoms with Crippen molar-refractivity contribution in [1.82, 2.24) is 14.9 Å². The van der Waals surface area contributed by atoms with Gasteiger partial charge in [0, 0.05) is 48.7 Å². The van der Waals surface area contributed by atoms with Crippen LogP contribution in [0.5, 0.6) is 5.75 Å². The molecule has 0 bridgehead atoms. The largest absolute Gasteiger partial charge is 0.497 e. The zero-order valence-electron chi connectivity index (χ0n) is 19.7. The Morgan fingerprint density at radius 3 is 2.78 bits per heavy atom. The standard InChI is InChI=1S/C27H35N3O2/c1-5-9-23-24-14-13-22(32-4)18-26(24)30(3)25(23)15-16-27(31)29-21(6-2)12-7-10-20-11-8-17-28-19-20/h8,11,13-19,21H,5-7,9-10,12H2,1-4H3,(H,29,31)/b16-15+. The van der Waals surface area contributed by atoms with Crippen molar-refractivity contribution in [3.05, 3.63) is 65.6 Å². The maximum atomic E-state index is 12.7. The van der Waals surface area contributed by atoms with Crippen LogP contribution in [-0.4, -0.2) is 28.6 Å². The van der Waals surface area contributed by atoms with E-state index in [1.807, 2.05) is 31.5 Å². The van der Waals surface area contributed by atoms with Gasteiger partial charge in [0.1, 0.15) is 5.75 Å². The fourth-order valence-electron chi connectivity index (χ4n) is 4.25. The smallest absolute Gasteiger partial charge is 0.244 e. The molecular formula is C27H35N3O2. The number of hydrogen-bond acceptors (Lipinski definition) is 3. The van der Waals surface area contributed by atoms with Crippen molar-refractivity contribution in [2.45, 2.75) is 58.4 Å². The van der Waals surface area contributed by atoms with Crippen molar-refractivity contribution >= 4 is 22.9 Å². The molecule has 5 nitrogen and oxygen atoms in total. The summed E-state index contributed by atoms with van der Waals surface area (Å²) in [4.78, 5) is 16.8. The molecule has 0 saturated heterocycles. The highest BCUT2D eigenvalue weighted by atomic mass is 16.5. The lowest BCUT2D eigenvalue weighted by molar-refractivity contribution is -0.117. The van der Waals surface area contributed by atoms with E-state index in [0.29, 0.717) is 0 Å². The zero-order chi connectivity index (χ0) is 22.9. The highest BCUT2D eigenvalue weighted by Gasteiger charge is 2.14. The van der Waals surface area contributed by atoms with E-state index in [0.717, 1.165) is 55.5 Å². The third-order valence-corrected chi connectivity index (χ3v) is 6.03. The van der Waals surface area contributed by atoms with E-state index in [9.17, 15) is 4.79 Å². The summed E-state index contributed by atoms with van der Waals surface area (Å²) in [5, 5.41) is 4.40. The van der Waals surface area contributed by atoms with Crippen LogP contribution >= 0.6 is 0 Å². The third kappa shape index (κ3) is 5.78. The topological polar surface area (TPSA) is 56.2 Å². The Balaban J connectivity index is 1.68. The second-order valence-electron chi connectivity index (χ2n) is 8.26. The molecule has 2 aromatic heterocycles. The SMILES string of the molecule is CCCc1c(/C=C/C(=O)NC(CC)CCCc2cccnc2)n(C)c2cc(OC)ccc12. The summed E-state index contributed by atoms with van der Waals surface area (Å²) in [6.07, 6.45) is 13.2. The molecule has 0 saturated carbocycles. The van der Waals surface area contributed by atoms with Crippen molar-refractivity contribution in [1.29, 1.82) is 0 Å². The first kappa shape index (κ1) is 23.6. The van der Waals surface area contributed by atoms with Crippen molar-refractivity contribution in [2.24, 2.45) is 7.05 Å². The average molecular weight is 434 g/mol. The first-order chi connectivity index (χ1) is 15.6. The molecule has 0 radical (unpaired) electrons. The number of benzene rings is 1. The first-order valence-electron chi connectivity index (χ1n) is 11.6. The Morgan fingerprint density at radius 2 is 2.09 bits per heavy atom. The highest BCUT2D eigenvalue weighted by Crippen LogP contribution is 2.30. The Kier molecular flexibility index (Phi) is 8.48. The number of fused-ring (bicyclic) bond motifs is 1. The lowest BCUT2D eigenvalue weighted by Crippen LogP contribution is -2.33. The van der Waals surface area contributed by atoms with Crippen LogP contribution < -0.4 is 10.1 Å². The second kappa shape index (κ2) is 11.5. The molecule has 0 aliphatic heterocycles. The van der Waals surface area contributed by atoms with Crippen LogP contribution in [0.15, 0.2) is 48.8 Å². The lowest BCUT2D eigenvalue weighted by atomic mass is 10.0. The quantitative estimate of drug-likeness (QED) is 0.408. The van der Waals surface area contributed by atoms with Crippen LogP contribution in [0.3, 0.4) is 0 Å². The predicted molar refractivity (Wildman–Crippen MR) is 132 cm³/mol. The number of methoxy groups -OCH3 is 1. The molecule has 0 fully saturated rings. The van der Waals surface area contributed by atoms with E-state index in [1.165, 1.54) is 16.5 Å². The molecule has 1 unspecified atom stereocenters. The number of nitrogens with zero attached hydrogens (tertiary/aromatic N) is 2. The number of amides is 1. The minimum absolute atomic E-state index is 0.0384. The van der Waals surface area contributed by atoms with Gasteiger partial charge in [0.15, 0.2) is 0 Å². The highest BCUT2D eigenvalue weighted by molar-refractivity contribution is 5.95. The first-order valence-corrected chi connectivity index (χ1v) is 11.6. The molecule has 32 heavy (non-hydrogen) atoms. The minimum atomic E-state index is -0.0384. The molecule has 2 heterocycles. The van der Waals surface area contributed by atoms with Gasteiger partial charge in [-0.25, -0.2) is 0 Å². The van der Waals surface area contributed by atoms with Crippen molar-refractivity contribution in [3.8, 4) is 5.75 Å². The average Bonchev–Trinajstić information content (AvgIpc) is 3.08. The summed E-state index contributed by atoms with van der Waals surface area (Å²) in [7, 11) is 3.73. The van der Waals surface area contributed by atoms with Gasteiger partial charge in [-0.3, -0.25) is 9.78 Å². The molecule has 3 aromatic rings. The Bertz CT molecular complexity index is 1050. The third-order valence-electron chi connectivity index (χ3n) is 6.03. The molecule has 5 heteroatoms.